The molecular formula is C15H16N2. The first-order valence-electron chi connectivity index (χ1n) is 5.64. The van der Waals surface area contributed by atoms with Crippen molar-refractivity contribution in [2.24, 2.45) is 4.99 Å². The van der Waals surface area contributed by atoms with Crippen LogP contribution in [0.3, 0.4) is 0 Å². The van der Waals surface area contributed by atoms with Crippen molar-refractivity contribution in [1.82, 2.24) is 0 Å². The molecule has 0 amide bonds. The van der Waals surface area contributed by atoms with Crippen molar-refractivity contribution in [2.45, 2.75) is 13.8 Å². The van der Waals surface area contributed by atoms with Gasteiger partial charge in [-0.1, -0.05) is 36.4 Å². The summed E-state index contributed by atoms with van der Waals surface area (Å²) in [7, 11) is 0. The van der Waals surface area contributed by atoms with Crippen LogP contribution < -0.4 is 5.73 Å². The highest BCUT2D eigenvalue weighted by molar-refractivity contribution is 6.01. The fourth-order valence-electron chi connectivity index (χ4n) is 1.81. The van der Waals surface area contributed by atoms with Gasteiger partial charge >= 0.3 is 0 Å². The van der Waals surface area contributed by atoms with Gasteiger partial charge in [0.1, 0.15) is 0 Å². The molecule has 0 aliphatic heterocycles. The Balaban J connectivity index is 2.42. The molecule has 0 radical (unpaired) electrons. The summed E-state index contributed by atoms with van der Waals surface area (Å²) < 4.78 is 0. The van der Waals surface area contributed by atoms with E-state index in [1.165, 1.54) is 5.56 Å². The van der Waals surface area contributed by atoms with Crippen LogP contribution in [0.4, 0.5) is 11.4 Å². The minimum absolute atomic E-state index is 0.709. The summed E-state index contributed by atoms with van der Waals surface area (Å²) in [5.41, 5.74) is 10.8. The van der Waals surface area contributed by atoms with Gasteiger partial charge in [-0.05, 0) is 37.1 Å². The van der Waals surface area contributed by atoms with E-state index in [0.717, 1.165) is 17.0 Å². The van der Waals surface area contributed by atoms with E-state index in [0.29, 0.717) is 5.69 Å². The summed E-state index contributed by atoms with van der Waals surface area (Å²) in [4.78, 5) is 4.58. The third-order valence-corrected chi connectivity index (χ3v) is 2.76. The molecule has 0 atom stereocenters. The van der Waals surface area contributed by atoms with Crippen molar-refractivity contribution in [2.75, 3.05) is 5.73 Å². The standard InChI is InChI=1S/C15H16N2/c1-11-7-3-4-8-13(11)12(2)17-15-10-6-5-9-14(15)16/h3-10H,16H2,1-2H3/b17-12+. The Kier molecular flexibility index (Phi) is 3.24. The van der Waals surface area contributed by atoms with Crippen LogP contribution in [0.5, 0.6) is 0 Å². The number of nitrogen functional groups attached to an aromatic ring is 1. The largest absolute Gasteiger partial charge is 0.397 e. The predicted molar refractivity (Wildman–Crippen MR) is 73.9 cm³/mol. The van der Waals surface area contributed by atoms with E-state index < -0.39 is 0 Å². The lowest BCUT2D eigenvalue weighted by Crippen LogP contribution is -1.97. The van der Waals surface area contributed by atoms with Crippen molar-refractivity contribution in [3.63, 3.8) is 0 Å². The lowest BCUT2D eigenvalue weighted by atomic mass is 10.1. The molecule has 2 heteroatoms. The van der Waals surface area contributed by atoms with Crippen molar-refractivity contribution in [1.29, 1.82) is 0 Å². The summed E-state index contributed by atoms with van der Waals surface area (Å²) in [6, 6.07) is 15.9. The van der Waals surface area contributed by atoms with Crippen LogP contribution >= 0.6 is 0 Å². The van der Waals surface area contributed by atoms with Crippen molar-refractivity contribution < 1.29 is 0 Å². The minimum atomic E-state index is 0.709. The Hall–Kier alpha value is -2.09. The molecule has 0 aromatic heterocycles. The Labute approximate surface area is 102 Å². The summed E-state index contributed by atoms with van der Waals surface area (Å²) >= 11 is 0. The Morgan fingerprint density at radius 3 is 2.35 bits per heavy atom. The molecule has 0 saturated heterocycles. The van der Waals surface area contributed by atoms with Gasteiger partial charge in [-0.25, -0.2) is 0 Å². The number of nitrogens with zero attached hydrogens (tertiary/aromatic N) is 1. The van der Waals surface area contributed by atoms with Gasteiger partial charge in [0.25, 0.3) is 0 Å². The number of rotatable bonds is 2. The van der Waals surface area contributed by atoms with E-state index in [9.17, 15) is 0 Å². The number of benzene rings is 2. The number of hydrogen-bond donors (Lipinski definition) is 1. The molecular weight excluding hydrogens is 208 g/mol. The summed E-state index contributed by atoms with van der Waals surface area (Å²) in [6.07, 6.45) is 0. The average molecular weight is 224 g/mol. The monoisotopic (exact) mass is 224 g/mol. The fourth-order valence-corrected chi connectivity index (χ4v) is 1.81. The van der Waals surface area contributed by atoms with E-state index >= 15 is 0 Å². The van der Waals surface area contributed by atoms with Crippen LogP contribution in [-0.4, -0.2) is 5.71 Å². The van der Waals surface area contributed by atoms with Crippen molar-refractivity contribution >= 4 is 17.1 Å². The van der Waals surface area contributed by atoms with Gasteiger partial charge in [0.15, 0.2) is 0 Å². The summed E-state index contributed by atoms with van der Waals surface area (Å²) in [5, 5.41) is 0. The normalized spacial score (nSPS) is 11.5. The molecule has 0 heterocycles. The van der Waals surface area contributed by atoms with E-state index in [1.807, 2.05) is 43.3 Å². The van der Waals surface area contributed by atoms with Crippen LogP contribution in [-0.2, 0) is 0 Å². The minimum Gasteiger partial charge on any atom is -0.397 e. The molecule has 2 rings (SSSR count). The van der Waals surface area contributed by atoms with E-state index in [1.54, 1.807) is 0 Å². The van der Waals surface area contributed by atoms with Gasteiger partial charge in [0, 0.05) is 5.71 Å². The molecule has 2 aromatic rings. The molecule has 0 saturated carbocycles. The molecule has 2 nitrogen and oxygen atoms in total. The second-order valence-corrected chi connectivity index (χ2v) is 4.07. The zero-order valence-corrected chi connectivity index (χ0v) is 10.1. The maximum atomic E-state index is 5.88. The molecule has 0 bridgehead atoms. The maximum absolute atomic E-state index is 5.88. The van der Waals surface area contributed by atoms with E-state index in [4.69, 9.17) is 5.73 Å². The maximum Gasteiger partial charge on any atom is 0.0862 e. The van der Waals surface area contributed by atoms with Crippen LogP contribution in [0.1, 0.15) is 18.1 Å². The first kappa shape index (κ1) is 11.4. The second kappa shape index (κ2) is 4.83. The first-order chi connectivity index (χ1) is 8.18. The number of para-hydroxylation sites is 2. The van der Waals surface area contributed by atoms with Crippen LogP contribution in [0.2, 0.25) is 0 Å². The quantitative estimate of drug-likeness (QED) is 0.612. The van der Waals surface area contributed by atoms with Gasteiger partial charge in [-0.2, -0.15) is 0 Å². The topological polar surface area (TPSA) is 38.4 Å². The molecule has 0 unspecified atom stereocenters. The van der Waals surface area contributed by atoms with Crippen LogP contribution in [0.15, 0.2) is 53.5 Å². The number of aliphatic imine (C=N–C) groups is 1. The third kappa shape index (κ3) is 2.53. The molecule has 2 N–H and O–H groups in total. The number of nitrogens with two attached hydrogens (primary N) is 1. The summed E-state index contributed by atoms with van der Waals surface area (Å²) in [6.45, 7) is 4.09. The molecule has 17 heavy (non-hydrogen) atoms. The lowest BCUT2D eigenvalue weighted by molar-refractivity contribution is 1.40. The summed E-state index contributed by atoms with van der Waals surface area (Å²) in [5.74, 6) is 0. The number of aryl methyl sites for hydroxylation is 1. The van der Waals surface area contributed by atoms with Gasteiger partial charge < -0.3 is 5.73 Å². The van der Waals surface area contributed by atoms with E-state index in [-0.39, 0.29) is 0 Å². The molecule has 0 aliphatic carbocycles. The molecule has 0 aliphatic rings. The number of hydrogen-bond acceptors (Lipinski definition) is 2. The zero-order valence-electron chi connectivity index (χ0n) is 10.1. The lowest BCUT2D eigenvalue weighted by Gasteiger charge is -2.06. The predicted octanol–water partition coefficient (Wildman–Crippen LogP) is 3.72. The fraction of sp³-hybridized carbons (Fsp3) is 0.133. The Bertz CT molecular complexity index is 556. The number of anilines is 1. The molecule has 0 fully saturated rings. The molecule has 86 valence electrons. The highest BCUT2D eigenvalue weighted by Crippen LogP contribution is 2.22. The van der Waals surface area contributed by atoms with Crippen LogP contribution in [0.25, 0.3) is 0 Å². The van der Waals surface area contributed by atoms with Crippen LogP contribution in [0, 0.1) is 6.92 Å². The highest BCUT2D eigenvalue weighted by atomic mass is 14.8. The van der Waals surface area contributed by atoms with Gasteiger partial charge in [0.05, 0.1) is 11.4 Å². The van der Waals surface area contributed by atoms with Crippen molar-refractivity contribution in [3.05, 3.63) is 59.7 Å². The first-order valence-corrected chi connectivity index (χ1v) is 5.64. The third-order valence-electron chi connectivity index (χ3n) is 2.76. The Morgan fingerprint density at radius 1 is 1.00 bits per heavy atom. The SMILES string of the molecule is C/C(=N\c1ccccc1N)c1ccccc1C. The zero-order chi connectivity index (χ0) is 12.3. The van der Waals surface area contributed by atoms with E-state index in [2.05, 4.69) is 24.0 Å². The highest BCUT2D eigenvalue weighted by Gasteiger charge is 2.02. The molecule has 2 aromatic carbocycles. The average Bonchev–Trinajstić information content (AvgIpc) is 2.32. The van der Waals surface area contributed by atoms with Crippen molar-refractivity contribution in [3.8, 4) is 0 Å². The van der Waals surface area contributed by atoms with Gasteiger partial charge in [-0.15, -0.1) is 0 Å². The second-order valence-electron chi connectivity index (χ2n) is 4.07. The molecule has 0 spiro atoms. The smallest absolute Gasteiger partial charge is 0.0862 e. The Morgan fingerprint density at radius 2 is 1.65 bits per heavy atom. The van der Waals surface area contributed by atoms with Gasteiger partial charge in [0.2, 0.25) is 0 Å². The van der Waals surface area contributed by atoms with Gasteiger partial charge in [-0.3, -0.25) is 4.99 Å².